The van der Waals surface area contributed by atoms with Gasteiger partial charge in [0.05, 0.1) is 39.7 Å². The Labute approximate surface area is 195 Å². The number of carbonyl (C=O) groups excluding carboxylic acids is 1. The summed E-state index contributed by atoms with van der Waals surface area (Å²) in [6.07, 6.45) is 6.17. The van der Waals surface area contributed by atoms with Crippen LogP contribution in [0.25, 0.3) is 22.5 Å². The molecule has 172 valence electrons. The highest BCUT2D eigenvalue weighted by atomic mass is 32.2. The maximum absolute atomic E-state index is 12.8. The second kappa shape index (κ2) is 8.43. The molecule has 5 rings (SSSR count). The molecule has 3 aromatic heterocycles. The highest BCUT2D eigenvalue weighted by molar-refractivity contribution is 7.91. The minimum absolute atomic E-state index is 0.00583. The second-order valence-corrected chi connectivity index (χ2v) is 10.5. The number of benzene rings is 1. The minimum Gasteiger partial charge on any atom is -0.433 e. The lowest BCUT2D eigenvalue weighted by atomic mass is 9.81. The molecule has 1 fully saturated rings. The zero-order valence-electron chi connectivity index (χ0n) is 18.3. The van der Waals surface area contributed by atoms with Crippen molar-refractivity contribution in [2.75, 3.05) is 11.1 Å². The number of aromatic amines is 1. The van der Waals surface area contributed by atoms with Gasteiger partial charge in [-0.05, 0) is 43.0 Å². The van der Waals surface area contributed by atoms with Crippen LogP contribution in [0.3, 0.4) is 0 Å². The molecular formula is C24H21N5O4S. The first-order valence-electron chi connectivity index (χ1n) is 10.8. The third kappa shape index (κ3) is 4.06. The topological polar surface area (TPSA) is 142 Å². The number of Topliss-reactive ketones (excluding diaryl/α,β-unsaturated/α-hetero) is 1. The predicted octanol–water partition coefficient (Wildman–Crippen LogP) is 3.96. The van der Waals surface area contributed by atoms with Crippen LogP contribution in [0.5, 0.6) is 0 Å². The molecule has 3 heterocycles. The molecular weight excluding hydrogens is 454 g/mol. The van der Waals surface area contributed by atoms with Gasteiger partial charge in [0.1, 0.15) is 5.65 Å². The summed E-state index contributed by atoms with van der Waals surface area (Å²) in [6, 6.07) is 10.1. The van der Waals surface area contributed by atoms with Gasteiger partial charge in [0, 0.05) is 30.7 Å². The Morgan fingerprint density at radius 2 is 2.09 bits per heavy atom. The van der Waals surface area contributed by atoms with Gasteiger partial charge in [0.15, 0.2) is 21.4 Å². The number of nitriles is 1. The molecule has 1 aliphatic carbocycles. The molecule has 0 spiro atoms. The van der Waals surface area contributed by atoms with Crippen LogP contribution in [0.2, 0.25) is 0 Å². The minimum atomic E-state index is -3.48. The maximum Gasteiger partial charge on any atom is 0.230 e. The van der Waals surface area contributed by atoms with Crippen LogP contribution in [-0.4, -0.2) is 40.9 Å². The van der Waals surface area contributed by atoms with E-state index in [2.05, 4.69) is 20.3 Å². The molecule has 0 radical (unpaired) electrons. The lowest BCUT2D eigenvalue weighted by Crippen LogP contribution is -2.39. The van der Waals surface area contributed by atoms with Crippen LogP contribution in [-0.2, 0) is 9.84 Å². The lowest BCUT2D eigenvalue weighted by Gasteiger charge is -2.36. The molecule has 1 aliphatic rings. The highest BCUT2D eigenvalue weighted by Gasteiger charge is 2.34. The number of hydrogen-bond acceptors (Lipinski definition) is 8. The van der Waals surface area contributed by atoms with Gasteiger partial charge < -0.3 is 14.7 Å². The molecule has 1 saturated carbocycles. The van der Waals surface area contributed by atoms with Crippen molar-refractivity contribution >= 4 is 32.3 Å². The SMILES string of the molecule is CC(=O)c1cnc(-c2cnc3[nH]ccc3c2NC2CC(CS(=O)(=O)c3cccc(C#N)c3)C2)o1. The molecule has 0 aliphatic heterocycles. The van der Waals surface area contributed by atoms with Gasteiger partial charge in [0.25, 0.3) is 0 Å². The Hall–Kier alpha value is -3.97. The standard InChI is InChI=1S/C24H21N5O4S/c1-14(30)21-12-28-24(33-21)20-11-27-23-19(5-6-26-23)22(20)29-17-7-16(8-17)13-34(31,32)18-4-2-3-15(9-18)10-25/h2-6,9,11-12,16-17H,7-8,13H2,1H3,(H2,26,27,29). The number of fused-ring (bicyclic) bond motifs is 1. The van der Waals surface area contributed by atoms with Gasteiger partial charge in [-0.25, -0.2) is 18.4 Å². The third-order valence-corrected chi connectivity index (χ3v) is 7.91. The van der Waals surface area contributed by atoms with E-state index >= 15 is 0 Å². The van der Waals surface area contributed by atoms with Crippen molar-refractivity contribution in [3.63, 3.8) is 0 Å². The van der Waals surface area contributed by atoms with E-state index in [1.165, 1.54) is 25.3 Å². The van der Waals surface area contributed by atoms with Crippen LogP contribution in [0.15, 0.2) is 58.2 Å². The first kappa shape index (κ1) is 21.9. The van der Waals surface area contributed by atoms with Gasteiger partial charge in [-0.2, -0.15) is 5.26 Å². The van der Waals surface area contributed by atoms with E-state index in [1.807, 2.05) is 12.1 Å². The van der Waals surface area contributed by atoms with Crippen LogP contribution in [0.4, 0.5) is 5.69 Å². The Morgan fingerprint density at radius 1 is 1.26 bits per heavy atom. The van der Waals surface area contributed by atoms with Crippen molar-refractivity contribution in [1.82, 2.24) is 15.0 Å². The summed E-state index contributed by atoms with van der Waals surface area (Å²) in [6.45, 7) is 1.41. The second-order valence-electron chi connectivity index (χ2n) is 8.47. The average molecular weight is 476 g/mol. The molecule has 1 aromatic carbocycles. The van der Waals surface area contributed by atoms with E-state index in [1.54, 1.807) is 24.5 Å². The predicted molar refractivity (Wildman–Crippen MR) is 125 cm³/mol. The van der Waals surface area contributed by atoms with Gasteiger partial charge in [-0.1, -0.05) is 6.07 Å². The zero-order valence-corrected chi connectivity index (χ0v) is 19.1. The average Bonchev–Trinajstić information content (AvgIpc) is 3.47. The van der Waals surface area contributed by atoms with Crippen LogP contribution >= 0.6 is 0 Å². The fraction of sp³-hybridized carbons (Fsp3) is 0.250. The Morgan fingerprint density at radius 3 is 2.82 bits per heavy atom. The number of nitrogens with zero attached hydrogens (tertiary/aromatic N) is 3. The number of aromatic nitrogens is 3. The molecule has 0 atom stereocenters. The third-order valence-electron chi connectivity index (χ3n) is 6.03. The van der Waals surface area contributed by atoms with Crippen molar-refractivity contribution in [1.29, 1.82) is 5.26 Å². The summed E-state index contributed by atoms with van der Waals surface area (Å²) in [5.41, 5.74) is 2.43. The fourth-order valence-electron chi connectivity index (χ4n) is 4.25. The number of sulfone groups is 1. The van der Waals surface area contributed by atoms with Gasteiger partial charge in [-0.3, -0.25) is 4.79 Å². The number of rotatable bonds is 7. The van der Waals surface area contributed by atoms with E-state index < -0.39 is 9.84 Å². The fourth-order valence-corrected chi connectivity index (χ4v) is 5.92. The van der Waals surface area contributed by atoms with E-state index in [4.69, 9.17) is 9.68 Å². The smallest absolute Gasteiger partial charge is 0.230 e. The molecule has 0 saturated heterocycles. The molecule has 4 aromatic rings. The summed E-state index contributed by atoms with van der Waals surface area (Å²) in [5, 5.41) is 13.4. The molecule has 0 unspecified atom stereocenters. The largest absolute Gasteiger partial charge is 0.433 e. The Balaban J connectivity index is 1.33. The molecule has 0 amide bonds. The summed E-state index contributed by atoms with van der Waals surface area (Å²) in [4.78, 5) is 23.5. The number of oxazole rings is 1. The van der Waals surface area contributed by atoms with E-state index in [-0.39, 0.29) is 34.2 Å². The molecule has 0 bridgehead atoms. The number of pyridine rings is 1. The number of ketones is 1. The molecule has 10 heteroatoms. The van der Waals surface area contributed by atoms with Crippen LogP contribution in [0.1, 0.15) is 35.9 Å². The highest BCUT2D eigenvalue weighted by Crippen LogP contribution is 2.38. The Kier molecular flexibility index (Phi) is 5.42. The van der Waals surface area contributed by atoms with Gasteiger partial charge in [0.2, 0.25) is 5.89 Å². The van der Waals surface area contributed by atoms with E-state index in [0.29, 0.717) is 35.5 Å². The number of hydrogen-bond donors (Lipinski definition) is 2. The van der Waals surface area contributed by atoms with Crippen LogP contribution < -0.4 is 5.32 Å². The normalized spacial score (nSPS) is 17.8. The van der Waals surface area contributed by atoms with Crippen molar-refractivity contribution in [2.24, 2.45) is 5.92 Å². The van der Waals surface area contributed by atoms with Crippen molar-refractivity contribution < 1.29 is 17.6 Å². The van der Waals surface area contributed by atoms with Gasteiger partial charge in [-0.15, -0.1) is 0 Å². The lowest BCUT2D eigenvalue weighted by molar-refractivity contribution is 0.0988. The first-order valence-corrected chi connectivity index (χ1v) is 12.4. The molecule has 34 heavy (non-hydrogen) atoms. The summed E-state index contributed by atoms with van der Waals surface area (Å²) in [5.74, 6) is 0.284. The van der Waals surface area contributed by atoms with E-state index in [9.17, 15) is 13.2 Å². The van der Waals surface area contributed by atoms with Crippen LogP contribution in [0, 0.1) is 17.2 Å². The summed E-state index contributed by atoms with van der Waals surface area (Å²) in [7, 11) is -3.48. The van der Waals surface area contributed by atoms with E-state index in [0.717, 1.165) is 11.1 Å². The van der Waals surface area contributed by atoms with Crippen molar-refractivity contribution in [2.45, 2.75) is 30.7 Å². The molecule has 2 N–H and O–H groups in total. The Bertz CT molecular complexity index is 1540. The zero-order chi connectivity index (χ0) is 23.9. The number of carbonyl (C=O) groups is 1. The number of anilines is 1. The number of H-pyrrole nitrogens is 1. The maximum atomic E-state index is 12.8. The number of nitrogens with one attached hydrogen (secondary N) is 2. The monoisotopic (exact) mass is 475 g/mol. The van der Waals surface area contributed by atoms with Crippen molar-refractivity contribution in [3.8, 4) is 17.5 Å². The van der Waals surface area contributed by atoms with Crippen molar-refractivity contribution in [3.05, 3.63) is 60.2 Å². The first-order chi connectivity index (χ1) is 16.3. The molecule has 9 nitrogen and oxygen atoms in total. The summed E-state index contributed by atoms with van der Waals surface area (Å²) < 4.78 is 31.3. The van der Waals surface area contributed by atoms with Gasteiger partial charge >= 0.3 is 0 Å². The summed E-state index contributed by atoms with van der Waals surface area (Å²) >= 11 is 0. The quantitative estimate of drug-likeness (QED) is 0.383.